The number of carbonyl (C=O) groups is 1. The highest BCUT2D eigenvalue weighted by molar-refractivity contribution is 5.85. The third-order valence-electron chi connectivity index (χ3n) is 3.11. The van der Waals surface area contributed by atoms with Gasteiger partial charge in [0.25, 0.3) is 0 Å². The van der Waals surface area contributed by atoms with Gasteiger partial charge in [-0.1, -0.05) is 37.3 Å². The fourth-order valence-electron chi connectivity index (χ4n) is 2.13. The average Bonchev–Trinajstić information content (AvgIpc) is 2.82. The smallest absolute Gasteiger partial charge is 0.354 e. The molecule has 0 saturated carbocycles. The minimum Gasteiger partial charge on any atom is -0.477 e. The summed E-state index contributed by atoms with van der Waals surface area (Å²) in [5.41, 5.74) is 1.38. The molecule has 0 aliphatic heterocycles. The highest BCUT2D eigenvalue weighted by Gasteiger charge is 2.19. The van der Waals surface area contributed by atoms with Crippen molar-refractivity contribution in [3.63, 3.8) is 0 Å². The molecule has 1 atom stereocenters. The van der Waals surface area contributed by atoms with Crippen LogP contribution in [0, 0.1) is 0 Å². The predicted molar refractivity (Wildman–Crippen MR) is 68.8 cm³/mol. The van der Waals surface area contributed by atoms with Gasteiger partial charge in [0.05, 0.1) is 6.20 Å². The minimum absolute atomic E-state index is 0.0826. The zero-order chi connectivity index (χ0) is 13.1. The number of carboxylic acids is 1. The molecule has 0 aliphatic carbocycles. The van der Waals surface area contributed by atoms with Gasteiger partial charge in [-0.3, -0.25) is 0 Å². The van der Waals surface area contributed by atoms with E-state index in [0.29, 0.717) is 6.54 Å². The second-order valence-corrected chi connectivity index (χ2v) is 4.18. The Morgan fingerprint density at radius 1 is 1.39 bits per heavy atom. The van der Waals surface area contributed by atoms with Gasteiger partial charge in [0.1, 0.15) is 11.5 Å². The van der Waals surface area contributed by atoms with Crippen LogP contribution in [0.15, 0.2) is 36.5 Å². The molecule has 0 saturated heterocycles. The van der Waals surface area contributed by atoms with Crippen molar-refractivity contribution in [2.24, 2.45) is 0 Å². The summed E-state index contributed by atoms with van der Waals surface area (Å²) in [6, 6.07) is 9.97. The van der Waals surface area contributed by atoms with Crippen LogP contribution in [0.4, 0.5) is 0 Å². The summed E-state index contributed by atoms with van der Waals surface area (Å²) in [5.74, 6) is -0.0591. The van der Waals surface area contributed by atoms with Crippen LogP contribution in [0.2, 0.25) is 0 Å². The van der Waals surface area contributed by atoms with Gasteiger partial charge in [-0.15, -0.1) is 0 Å². The average molecular weight is 244 g/mol. The third-order valence-corrected chi connectivity index (χ3v) is 3.11. The molecular formula is C14H16N2O2. The lowest BCUT2D eigenvalue weighted by Crippen LogP contribution is -2.12. The second-order valence-electron chi connectivity index (χ2n) is 4.18. The van der Waals surface area contributed by atoms with Crippen LogP contribution in [0.5, 0.6) is 0 Å². The summed E-state index contributed by atoms with van der Waals surface area (Å²) in [4.78, 5) is 15.4. The summed E-state index contributed by atoms with van der Waals surface area (Å²) in [6.07, 6.45) is 1.43. The lowest BCUT2D eigenvalue weighted by Gasteiger charge is -2.14. The number of carboxylic acid groups (broad SMARTS) is 1. The van der Waals surface area contributed by atoms with Crippen molar-refractivity contribution in [3.8, 4) is 0 Å². The lowest BCUT2D eigenvalue weighted by molar-refractivity contribution is 0.0685. The van der Waals surface area contributed by atoms with Crippen LogP contribution >= 0.6 is 0 Å². The molecule has 94 valence electrons. The van der Waals surface area contributed by atoms with E-state index in [9.17, 15) is 4.79 Å². The van der Waals surface area contributed by atoms with Gasteiger partial charge in [-0.2, -0.15) is 0 Å². The van der Waals surface area contributed by atoms with Crippen LogP contribution in [0.25, 0.3) is 0 Å². The zero-order valence-corrected chi connectivity index (χ0v) is 10.5. The number of aromatic nitrogens is 2. The van der Waals surface area contributed by atoms with Crippen molar-refractivity contribution in [3.05, 3.63) is 53.6 Å². The van der Waals surface area contributed by atoms with Gasteiger partial charge in [-0.05, 0) is 12.5 Å². The van der Waals surface area contributed by atoms with Crippen molar-refractivity contribution in [2.75, 3.05) is 0 Å². The summed E-state index contributed by atoms with van der Waals surface area (Å²) in [5, 5.41) is 9.10. The van der Waals surface area contributed by atoms with Crippen molar-refractivity contribution >= 4 is 5.97 Å². The molecule has 2 aromatic rings. The van der Waals surface area contributed by atoms with Gasteiger partial charge in [-0.25, -0.2) is 9.78 Å². The summed E-state index contributed by atoms with van der Waals surface area (Å²) >= 11 is 0. The Morgan fingerprint density at radius 2 is 2.06 bits per heavy atom. The molecule has 4 nitrogen and oxygen atoms in total. The van der Waals surface area contributed by atoms with Crippen LogP contribution < -0.4 is 0 Å². The monoisotopic (exact) mass is 244 g/mol. The SMILES string of the molecule is CCn1c(C(=O)O)cnc1[C@H](C)c1ccccc1. The third kappa shape index (κ3) is 2.14. The molecule has 1 aromatic heterocycles. The number of nitrogens with zero attached hydrogens (tertiary/aromatic N) is 2. The molecule has 1 N–H and O–H groups in total. The summed E-state index contributed by atoms with van der Waals surface area (Å²) in [7, 11) is 0. The molecule has 0 unspecified atom stereocenters. The molecule has 0 bridgehead atoms. The quantitative estimate of drug-likeness (QED) is 0.899. The minimum atomic E-state index is -0.934. The standard InChI is InChI=1S/C14H16N2O2/c1-3-16-12(14(17)18)9-15-13(16)10(2)11-7-5-4-6-8-11/h4-10H,3H2,1-2H3,(H,17,18)/t10-/m1/s1. The molecule has 0 aliphatic rings. The van der Waals surface area contributed by atoms with E-state index in [1.807, 2.05) is 44.2 Å². The molecule has 4 heteroatoms. The van der Waals surface area contributed by atoms with Gasteiger partial charge in [0.15, 0.2) is 0 Å². The van der Waals surface area contributed by atoms with E-state index in [0.717, 1.165) is 11.4 Å². The maximum atomic E-state index is 11.1. The van der Waals surface area contributed by atoms with Crippen LogP contribution in [-0.2, 0) is 6.54 Å². The van der Waals surface area contributed by atoms with Crippen molar-refractivity contribution in [1.29, 1.82) is 0 Å². The Balaban J connectivity index is 2.43. The predicted octanol–water partition coefficient (Wildman–Crippen LogP) is 2.75. The van der Waals surface area contributed by atoms with E-state index in [4.69, 9.17) is 5.11 Å². The van der Waals surface area contributed by atoms with Crippen molar-refractivity contribution < 1.29 is 9.90 Å². The first-order valence-electron chi connectivity index (χ1n) is 5.98. The fraction of sp³-hybridized carbons (Fsp3) is 0.286. The first-order chi connectivity index (χ1) is 8.65. The largest absolute Gasteiger partial charge is 0.477 e. The molecule has 0 spiro atoms. The second kappa shape index (κ2) is 5.04. The normalized spacial score (nSPS) is 12.3. The van der Waals surface area contributed by atoms with E-state index >= 15 is 0 Å². The van der Waals surface area contributed by atoms with E-state index in [2.05, 4.69) is 4.98 Å². The van der Waals surface area contributed by atoms with Crippen LogP contribution in [-0.4, -0.2) is 20.6 Å². The number of imidazole rings is 1. The number of aromatic carboxylic acids is 1. The number of rotatable bonds is 4. The topological polar surface area (TPSA) is 55.1 Å². The Labute approximate surface area is 106 Å². The fourth-order valence-corrected chi connectivity index (χ4v) is 2.13. The highest BCUT2D eigenvalue weighted by atomic mass is 16.4. The van der Waals surface area contributed by atoms with Gasteiger partial charge in [0, 0.05) is 12.5 Å². The Hall–Kier alpha value is -2.10. The Morgan fingerprint density at radius 3 is 2.61 bits per heavy atom. The molecule has 0 radical (unpaired) electrons. The summed E-state index contributed by atoms with van der Waals surface area (Å²) < 4.78 is 1.75. The van der Waals surface area contributed by atoms with Gasteiger partial charge < -0.3 is 9.67 Å². The van der Waals surface area contributed by atoms with Gasteiger partial charge >= 0.3 is 5.97 Å². The number of hydrogen-bond donors (Lipinski definition) is 1. The van der Waals surface area contributed by atoms with E-state index in [-0.39, 0.29) is 11.6 Å². The Bertz CT molecular complexity index is 546. The van der Waals surface area contributed by atoms with E-state index in [1.54, 1.807) is 4.57 Å². The first-order valence-corrected chi connectivity index (χ1v) is 5.98. The zero-order valence-electron chi connectivity index (χ0n) is 10.5. The number of hydrogen-bond acceptors (Lipinski definition) is 2. The Kier molecular flexibility index (Phi) is 3.46. The first kappa shape index (κ1) is 12.4. The molecule has 1 aromatic carbocycles. The van der Waals surface area contributed by atoms with Crippen LogP contribution in [0.3, 0.4) is 0 Å². The molecule has 0 amide bonds. The van der Waals surface area contributed by atoms with Crippen molar-refractivity contribution in [2.45, 2.75) is 26.3 Å². The van der Waals surface area contributed by atoms with Gasteiger partial charge in [0.2, 0.25) is 0 Å². The molecule has 0 fully saturated rings. The van der Waals surface area contributed by atoms with E-state index < -0.39 is 5.97 Å². The maximum absolute atomic E-state index is 11.1. The maximum Gasteiger partial charge on any atom is 0.354 e. The van der Waals surface area contributed by atoms with Crippen LogP contribution in [0.1, 0.15) is 41.6 Å². The molecule has 18 heavy (non-hydrogen) atoms. The van der Waals surface area contributed by atoms with E-state index in [1.165, 1.54) is 6.20 Å². The molecule has 2 rings (SSSR count). The number of benzene rings is 1. The van der Waals surface area contributed by atoms with Crippen molar-refractivity contribution in [1.82, 2.24) is 9.55 Å². The molecule has 1 heterocycles. The molecular weight excluding hydrogens is 228 g/mol. The lowest BCUT2D eigenvalue weighted by atomic mass is 10.0. The highest BCUT2D eigenvalue weighted by Crippen LogP contribution is 2.23. The summed E-state index contributed by atoms with van der Waals surface area (Å²) in [6.45, 7) is 4.57.